The van der Waals surface area contributed by atoms with Crippen LogP contribution in [0.5, 0.6) is 0 Å². The van der Waals surface area contributed by atoms with Crippen LogP contribution in [0.4, 0.5) is 0 Å². The van der Waals surface area contributed by atoms with Crippen molar-refractivity contribution in [3.8, 4) is 0 Å². The summed E-state index contributed by atoms with van der Waals surface area (Å²) in [5, 5.41) is 9.40. The Hall–Kier alpha value is -1.75. The van der Waals surface area contributed by atoms with Crippen molar-refractivity contribution in [3.63, 3.8) is 0 Å². The van der Waals surface area contributed by atoms with Crippen LogP contribution in [0.1, 0.15) is 54.4 Å². The summed E-state index contributed by atoms with van der Waals surface area (Å²) in [6.07, 6.45) is 3.57. The SMILES string of the molecule is Cl.Cl.NCCCCNC1(NCCCCN)c2ccccc2C(=O)N1C1CC(=O)NC(=O)C1. The largest absolute Gasteiger partial charge is 0.330 e. The minimum absolute atomic E-state index is 0. The number of unbranched alkanes of at least 4 members (excludes halogenated alkanes) is 2. The Labute approximate surface area is 201 Å². The third-order valence-corrected chi connectivity index (χ3v) is 5.64. The number of piperidine rings is 1. The number of hydrogen-bond donors (Lipinski definition) is 5. The molecule has 1 aromatic carbocycles. The topological polar surface area (TPSA) is 143 Å². The Bertz CT molecular complexity index is 767. The molecular formula is C21H34Cl2N6O3. The van der Waals surface area contributed by atoms with E-state index in [0.717, 1.165) is 31.2 Å². The van der Waals surface area contributed by atoms with Crippen LogP contribution in [0.2, 0.25) is 0 Å². The lowest BCUT2D eigenvalue weighted by Gasteiger charge is -2.45. The van der Waals surface area contributed by atoms with Crippen molar-refractivity contribution in [2.45, 2.75) is 50.4 Å². The van der Waals surface area contributed by atoms with Gasteiger partial charge in [0.2, 0.25) is 11.8 Å². The Kier molecular flexibility index (Phi) is 11.6. The number of rotatable bonds is 11. The Morgan fingerprint density at radius 1 is 0.906 bits per heavy atom. The predicted octanol–water partition coefficient (Wildman–Crippen LogP) is 0.559. The molecule has 11 heteroatoms. The average Bonchev–Trinajstić information content (AvgIpc) is 2.97. The van der Waals surface area contributed by atoms with Crippen molar-refractivity contribution in [3.05, 3.63) is 35.4 Å². The molecular weight excluding hydrogens is 455 g/mol. The van der Waals surface area contributed by atoms with Crippen molar-refractivity contribution < 1.29 is 14.4 Å². The minimum atomic E-state index is -0.987. The first-order chi connectivity index (χ1) is 14.5. The summed E-state index contributed by atoms with van der Waals surface area (Å²) in [6.45, 7) is 2.45. The second kappa shape index (κ2) is 13.1. The fourth-order valence-corrected chi connectivity index (χ4v) is 4.28. The summed E-state index contributed by atoms with van der Waals surface area (Å²) in [5.41, 5.74) is 12.7. The molecule has 0 atom stereocenters. The standard InChI is InChI=1S/C21H32N6O3.2ClH/c22-9-3-5-11-24-21(25-12-6-4-10-23)17-8-2-1-7-16(17)20(30)27(21)15-13-18(28)26-19(29)14-15;;/h1-2,7-8,15,24-25H,3-6,9-14,22-23H2,(H,26,28,29);2*1H. The highest BCUT2D eigenvalue weighted by molar-refractivity contribution is 6.03. The second-order valence-corrected chi connectivity index (χ2v) is 7.81. The zero-order chi connectivity index (χ0) is 21.6. The minimum Gasteiger partial charge on any atom is -0.330 e. The summed E-state index contributed by atoms with van der Waals surface area (Å²) in [7, 11) is 0. The molecule has 3 rings (SSSR count). The molecule has 1 saturated heterocycles. The molecule has 0 bridgehead atoms. The lowest BCUT2D eigenvalue weighted by Crippen LogP contribution is -2.67. The number of imide groups is 1. The van der Waals surface area contributed by atoms with Crippen molar-refractivity contribution in [2.75, 3.05) is 26.2 Å². The van der Waals surface area contributed by atoms with E-state index in [1.54, 1.807) is 11.0 Å². The maximum absolute atomic E-state index is 13.5. The van der Waals surface area contributed by atoms with Crippen LogP contribution >= 0.6 is 24.8 Å². The average molecular weight is 489 g/mol. The first-order valence-corrected chi connectivity index (χ1v) is 10.7. The van der Waals surface area contributed by atoms with Crippen LogP contribution in [0.15, 0.2) is 24.3 Å². The number of fused-ring (bicyclic) bond motifs is 1. The summed E-state index contributed by atoms with van der Waals surface area (Å²) < 4.78 is 0. The van der Waals surface area contributed by atoms with Gasteiger partial charge in [0, 0.05) is 24.0 Å². The first-order valence-electron chi connectivity index (χ1n) is 10.7. The molecule has 0 radical (unpaired) electrons. The molecule has 180 valence electrons. The van der Waals surface area contributed by atoms with E-state index in [4.69, 9.17) is 11.5 Å². The molecule has 0 spiro atoms. The molecule has 1 aromatic rings. The van der Waals surface area contributed by atoms with E-state index in [0.29, 0.717) is 31.7 Å². The number of benzene rings is 1. The van der Waals surface area contributed by atoms with Crippen molar-refractivity contribution in [1.29, 1.82) is 0 Å². The van der Waals surface area contributed by atoms with E-state index in [-0.39, 0.29) is 55.4 Å². The molecule has 0 aromatic heterocycles. The van der Waals surface area contributed by atoms with E-state index in [1.165, 1.54) is 0 Å². The van der Waals surface area contributed by atoms with Gasteiger partial charge < -0.3 is 11.5 Å². The molecule has 7 N–H and O–H groups in total. The van der Waals surface area contributed by atoms with Gasteiger partial charge in [-0.25, -0.2) is 0 Å². The molecule has 2 aliphatic heterocycles. The summed E-state index contributed by atoms with van der Waals surface area (Å²) >= 11 is 0. The number of halogens is 2. The monoisotopic (exact) mass is 488 g/mol. The first kappa shape index (κ1) is 28.3. The highest BCUT2D eigenvalue weighted by Gasteiger charge is 2.53. The predicted molar refractivity (Wildman–Crippen MR) is 128 cm³/mol. The number of nitrogens with zero attached hydrogens (tertiary/aromatic N) is 1. The van der Waals surface area contributed by atoms with Crippen molar-refractivity contribution in [1.82, 2.24) is 20.9 Å². The molecule has 0 saturated carbocycles. The molecule has 0 aliphatic carbocycles. The maximum Gasteiger partial charge on any atom is 0.257 e. The van der Waals surface area contributed by atoms with E-state index in [1.807, 2.05) is 18.2 Å². The Morgan fingerprint density at radius 3 is 1.97 bits per heavy atom. The molecule has 9 nitrogen and oxygen atoms in total. The lowest BCUT2D eigenvalue weighted by molar-refractivity contribution is -0.136. The Balaban J connectivity index is 0.00000256. The van der Waals surface area contributed by atoms with Crippen LogP contribution in [0.3, 0.4) is 0 Å². The van der Waals surface area contributed by atoms with E-state index < -0.39 is 11.8 Å². The summed E-state index contributed by atoms with van der Waals surface area (Å²) in [6, 6.07) is 6.90. The number of carbonyl (C=O) groups is 3. The van der Waals surface area contributed by atoms with E-state index >= 15 is 0 Å². The zero-order valence-electron chi connectivity index (χ0n) is 18.1. The van der Waals surface area contributed by atoms with Gasteiger partial charge in [-0.15, -0.1) is 24.8 Å². The van der Waals surface area contributed by atoms with Crippen LogP contribution in [0.25, 0.3) is 0 Å². The number of hydrogen-bond acceptors (Lipinski definition) is 7. The molecule has 1 fully saturated rings. The smallest absolute Gasteiger partial charge is 0.257 e. The quantitative estimate of drug-likeness (QED) is 0.174. The van der Waals surface area contributed by atoms with Gasteiger partial charge in [0.1, 0.15) is 0 Å². The van der Waals surface area contributed by atoms with Crippen LogP contribution in [-0.2, 0) is 15.4 Å². The lowest BCUT2D eigenvalue weighted by atomic mass is 10.00. The molecule has 32 heavy (non-hydrogen) atoms. The van der Waals surface area contributed by atoms with Crippen LogP contribution in [0, 0.1) is 0 Å². The number of amides is 3. The van der Waals surface area contributed by atoms with Gasteiger partial charge in [-0.1, -0.05) is 18.2 Å². The van der Waals surface area contributed by atoms with E-state index in [2.05, 4.69) is 16.0 Å². The summed E-state index contributed by atoms with van der Waals surface area (Å²) in [4.78, 5) is 39.3. The summed E-state index contributed by atoms with van der Waals surface area (Å²) in [5.74, 6) is -1.89. The zero-order valence-corrected chi connectivity index (χ0v) is 19.7. The number of nitrogens with one attached hydrogen (secondary N) is 3. The maximum atomic E-state index is 13.5. The van der Waals surface area contributed by atoms with Gasteiger partial charge in [0.15, 0.2) is 5.79 Å². The third kappa shape index (κ3) is 5.98. The van der Waals surface area contributed by atoms with Gasteiger partial charge in [-0.05, 0) is 57.9 Å². The fourth-order valence-electron chi connectivity index (χ4n) is 4.28. The van der Waals surface area contributed by atoms with Crippen molar-refractivity contribution >= 4 is 42.5 Å². The number of carbonyl (C=O) groups excluding carboxylic acids is 3. The van der Waals surface area contributed by atoms with Gasteiger partial charge in [-0.2, -0.15) is 0 Å². The third-order valence-electron chi connectivity index (χ3n) is 5.64. The molecule has 2 heterocycles. The second-order valence-electron chi connectivity index (χ2n) is 7.81. The molecule has 3 amide bonds. The normalized spacial score (nSPS) is 17.4. The molecule has 0 unspecified atom stereocenters. The molecule has 2 aliphatic rings. The van der Waals surface area contributed by atoms with Gasteiger partial charge in [0.25, 0.3) is 5.91 Å². The fraction of sp³-hybridized carbons (Fsp3) is 0.571. The van der Waals surface area contributed by atoms with Crippen molar-refractivity contribution in [2.24, 2.45) is 11.5 Å². The number of nitrogens with two attached hydrogens (primary N) is 2. The van der Waals surface area contributed by atoms with Gasteiger partial charge >= 0.3 is 0 Å². The Morgan fingerprint density at radius 2 is 1.44 bits per heavy atom. The van der Waals surface area contributed by atoms with Crippen LogP contribution in [-0.4, -0.2) is 54.8 Å². The van der Waals surface area contributed by atoms with Gasteiger partial charge in [0.05, 0.1) is 6.04 Å². The van der Waals surface area contributed by atoms with E-state index in [9.17, 15) is 14.4 Å². The van der Waals surface area contributed by atoms with Crippen LogP contribution < -0.4 is 27.4 Å². The van der Waals surface area contributed by atoms with Gasteiger partial charge in [-0.3, -0.25) is 35.2 Å². The highest BCUT2D eigenvalue weighted by Crippen LogP contribution is 2.39. The highest BCUT2D eigenvalue weighted by atomic mass is 35.5.